The Morgan fingerprint density at radius 3 is 2.31 bits per heavy atom. The number of alkyl halides is 2. The molecule has 0 spiro atoms. The fraction of sp³-hybridized carbons (Fsp3) is 0.472. The molecule has 49 heavy (non-hydrogen) atoms. The zero-order valence-corrected chi connectivity index (χ0v) is 30.1. The molecule has 8 N–H and O–H groups in total. The summed E-state index contributed by atoms with van der Waals surface area (Å²) >= 11 is 6.19. The van der Waals surface area contributed by atoms with E-state index in [4.69, 9.17) is 28.8 Å². The van der Waals surface area contributed by atoms with Crippen LogP contribution in [0.5, 0.6) is 5.75 Å². The molecule has 4 aromatic rings. The minimum atomic E-state index is -2.88. The number of H-pyrrole nitrogens is 1. The van der Waals surface area contributed by atoms with Crippen LogP contribution in [-0.4, -0.2) is 46.7 Å². The van der Waals surface area contributed by atoms with E-state index in [0.717, 1.165) is 72.2 Å². The van der Waals surface area contributed by atoms with Gasteiger partial charge in [0.2, 0.25) is 0 Å². The summed E-state index contributed by atoms with van der Waals surface area (Å²) in [6, 6.07) is 13.5. The molecule has 0 unspecified atom stereocenters. The molecule has 2 aromatic heterocycles. The van der Waals surface area contributed by atoms with E-state index in [1.54, 1.807) is 10.6 Å². The zero-order chi connectivity index (χ0) is 36.4. The highest BCUT2D eigenvalue weighted by Gasteiger charge is 2.23. The highest BCUT2D eigenvalue weighted by atomic mass is 35.5. The van der Waals surface area contributed by atoms with E-state index in [2.05, 4.69) is 51.9 Å². The van der Waals surface area contributed by atoms with Crippen molar-refractivity contribution >= 4 is 28.6 Å². The second kappa shape index (κ2) is 17.6. The molecule has 0 fully saturated rings. The van der Waals surface area contributed by atoms with Gasteiger partial charge in [-0.1, -0.05) is 71.3 Å². The molecule has 0 saturated carbocycles. The first-order valence-electron chi connectivity index (χ1n) is 16.5. The van der Waals surface area contributed by atoms with Gasteiger partial charge < -0.3 is 32.2 Å². The molecule has 0 radical (unpaired) electrons. The minimum absolute atomic E-state index is 0.0352. The van der Waals surface area contributed by atoms with Crippen LogP contribution in [0.25, 0.3) is 16.7 Å². The number of hydrogen-bond acceptors (Lipinski definition) is 6. The number of ether oxygens (including phenoxy) is 1. The molecule has 2 aromatic carbocycles. The molecule has 2 heterocycles. The van der Waals surface area contributed by atoms with Gasteiger partial charge in [0.15, 0.2) is 5.96 Å². The van der Waals surface area contributed by atoms with Crippen LogP contribution in [-0.2, 0) is 23.8 Å². The molecule has 0 aliphatic heterocycles. The number of aliphatic imine (C=N–C) groups is 1. The molecule has 0 saturated heterocycles. The van der Waals surface area contributed by atoms with Crippen LogP contribution in [0, 0.1) is 0 Å². The second-order valence-electron chi connectivity index (χ2n) is 14.0. The number of nitrogens with two attached hydrogens (primary N) is 3. The summed E-state index contributed by atoms with van der Waals surface area (Å²) in [5.41, 5.74) is 20.9. The summed E-state index contributed by atoms with van der Waals surface area (Å²) in [6.45, 7) is 12.3. The van der Waals surface area contributed by atoms with Gasteiger partial charge in [0.05, 0.1) is 10.7 Å². The molecule has 0 bridgehead atoms. The van der Waals surface area contributed by atoms with Crippen LogP contribution < -0.4 is 32.9 Å². The minimum Gasteiger partial charge on any atom is -0.433 e. The molecule has 10 nitrogen and oxygen atoms in total. The second-order valence-corrected chi connectivity index (χ2v) is 14.3. The van der Waals surface area contributed by atoms with Gasteiger partial charge >= 0.3 is 12.3 Å². The maximum Gasteiger partial charge on any atom is 0.387 e. The number of benzene rings is 2. The van der Waals surface area contributed by atoms with Crippen molar-refractivity contribution in [3.05, 3.63) is 86.6 Å². The highest BCUT2D eigenvalue weighted by molar-refractivity contribution is 6.33. The van der Waals surface area contributed by atoms with Crippen LogP contribution in [0.3, 0.4) is 0 Å². The Bertz CT molecular complexity index is 1740. The van der Waals surface area contributed by atoms with Crippen molar-refractivity contribution in [3.63, 3.8) is 0 Å². The van der Waals surface area contributed by atoms with Gasteiger partial charge in [0.1, 0.15) is 11.4 Å². The fourth-order valence-electron chi connectivity index (χ4n) is 5.00. The third kappa shape index (κ3) is 12.1. The van der Waals surface area contributed by atoms with E-state index in [9.17, 15) is 13.6 Å². The third-order valence-corrected chi connectivity index (χ3v) is 8.10. The normalized spacial score (nSPS) is 11.8. The Labute approximate surface area is 292 Å². The number of guanidine groups is 1. The van der Waals surface area contributed by atoms with E-state index < -0.39 is 6.61 Å². The van der Waals surface area contributed by atoms with Crippen molar-refractivity contribution in [3.8, 4) is 11.4 Å². The molecular formula is C36H51ClF2N8O2. The van der Waals surface area contributed by atoms with Crippen molar-refractivity contribution in [2.75, 3.05) is 19.6 Å². The Morgan fingerprint density at radius 1 is 1.02 bits per heavy atom. The maximum absolute atomic E-state index is 12.5. The summed E-state index contributed by atoms with van der Waals surface area (Å²) in [4.78, 5) is 23.9. The number of aromatic nitrogens is 3. The zero-order valence-electron chi connectivity index (χ0n) is 29.4. The van der Waals surface area contributed by atoms with Gasteiger partial charge in [0, 0.05) is 35.8 Å². The van der Waals surface area contributed by atoms with Crippen LogP contribution in [0.2, 0.25) is 5.02 Å². The van der Waals surface area contributed by atoms with Gasteiger partial charge in [-0.3, -0.25) is 9.56 Å². The van der Waals surface area contributed by atoms with Crippen molar-refractivity contribution in [2.45, 2.75) is 91.2 Å². The third-order valence-electron chi connectivity index (χ3n) is 7.71. The average Bonchev–Trinajstić information content (AvgIpc) is 3.43. The summed E-state index contributed by atoms with van der Waals surface area (Å²) in [5.74, 6) is 0.176. The van der Waals surface area contributed by atoms with Crippen molar-refractivity contribution in [1.82, 2.24) is 19.9 Å². The predicted molar refractivity (Wildman–Crippen MR) is 196 cm³/mol. The Hall–Kier alpha value is -4.00. The summed E-state index contributed by atoms with van der Waals surface area (Å²) < 4.78 is 31.1. The number of aryl methyl sites for hydroxylation is 1. The van der Waals surface area contributed by atoms with Crippen LogP contribution in [0.15, 0.2) is 58.4 Å². The van der Waals surface area contributed by atoms with Crippen LogP contribution in [0.1, 0.15) is 83.2 Å². The summed E-state index contributed by atoms with van der Waals surface area (Å²) in [7, 11) is 0. The summed E-state index contributed by atoms with van der Waals surface area (Å²) in [5, 5.41) is 4.53. The number of nitrogens with zero attached hydrogens (tertiary/aromatic N) is 3. The molecule has 4 rings (SSSR count). The molecule has 268 valence electrons. The van der Waals surface area contributed by atoms with E-state index >= 15 is 0 Å². The summed E-state index contributed by atoms with van der Waals surface area (Å²) in [6.07, 6.45) is 5.29. The number of halogens is 3. The number of unbranched alkanes of at least 4 members (excludes halogenated alkanes) is 1. The Balaban J connectivity index is 0.000000286. The first-order chi connectivity index (χ1) is 23.0. The highest BCUT2D eigenvalue weighted by Crippen LogP contribution is 2.38. The maximum atomic E-state index is 12.5. The number of rotatable bonds is 13. The lowest BCUT2D eigenvalue weighted by Gasteiger charge is -2.23. The lowest BCUT2D eigenvalue weighted by atomic mass is 9.85. The Morgan fingerprint density at radius 2 is 1.71 bits per heavy atom. The van der Waals surface area contributed by atoms with E-state index in [0.29, 0.717) is 18.7 Å². The molecule has 0 amide bonds. The fourth-order valence-corrected chi connectivity index (χ4v) is 5.44. The molecule has 13 heteroatoms. The predicted octanol–water partition coefficient (Wildman–Crippen LogP) is 6.28. The topological polar surface area (TPSA) is 162 Å². The molecule has 0 aliphatic rings. The van der Waals surface area contributed by atoms with Crippen LogP contribution >= 0.6 is 11.6 Å². The SMILES string of the molecule is CC(C)(C)c1cc(CCCCN)cc(OC(F)F)c1Cl.CC(C)(C)c1cc2cn(-c3ccc(CNCCCN=C(N)N)cc3)c(=O)nc2[nH]1. The van der Waals surface area contributed by atoms with Gasteiger partial charge in [-0.15, -0.1) is 0 Å². The number of nitrogens with one attached hydrogen (secondary N) is 2. The van der Waals surface area contributed by atoms with Crippen molar-refractivity contribution < 1.29 is 13.5 Å². The first-order valence-corrected chi connectivity index (χ1v) is 16.8. The van der Waals surface area contributed by atoms with Gasteiger partial charge in [0.25, 0.3) is 0 Å². The standard InChI is InChI=1S/C21H29N7O.C15H22ClF2NO/c1-21(2,3)17-11-15-13-28(20(29)27-18(15)26-17)16-7-5-14(6-8-16)12-24-9-4-10-25-19(22)23;1-15(2,3)11-8-10(6-4-5-7-19)9-12(13(11)16)20-14(17)18/h5-8,11,13,24H,4,9-10,12H2,1-3H3,(H4,22,23,25)(H,26,27,29);8-9,14H,4-7,19H2,1-3H3. The van der Waals surface area contributed by atoms with E-state index in [-0.39, 0.29) is 33.3 Å². The van der Waals surface area contributed by atoms with Gasteiger partial charge in [-0.2, -0.15) is 13.8 Å². The quantitative estimate of drug-likeness (QED) is 0.0622. The number of hydrogen-bond donors (Lipinski definition) is 5. The average molecular weight is 701 g/mol. The van der Waals surface area contributed by atoms with Gasteiger partial charge in [-0.05, 0) is 85.1 Å². The largest absolute Gasteiger partial charge is 0.433 e. The lowest BCUT2D eigenvalue weighted by molar-refractivity contribution is -0.0499. The van der Waals surface area contributed by atoms with Crippen LogP contribution in [0.4, 0.5) is 8.78 Å². The first kappa shape index (κ1) is 39.4. The van der Waals surface area contributed by atoms with Crippen molar-refractivity contribution in [2.24, 2.45) is 22.2 Å². The molecule has 0 atom stereocenters. The smallest absolute Gasteiger partial charge is 0.387 e. The number of fused-ring (bicyclic) bond motifs is 1. The van der Waals surface area contributed by atoms with Gasteiger partial charge in [-0.25, -0.2) is 4.79 Å². The van der Waals surface area contributed by atoms with Crippen molar-refractivity contribution in [1.29, 1.82) is 0 Å². The Kier molecular flexibility index (Phi) is 14.2. The van der Waals surface area contributed by atoms with E-state index in [1.807, 2.05) is 57.3 Å². The molecular weight excluding hydrogens is 650 g/mol. The molecule has 0 aliphatic carbocycles. The van der Waals surface area contributed by atoms with E-state index in [1.165, 1.54) is 0 Å². The number of aromatic amines is 1. The monoisotopic (exact) mass is 700 g/mol. The lowest BCUT2D eigenvalue weighted by Crippen LogP contribution is -2.23.